The lowest BCUT2D eigenvalue weighted by molar-refractivity contribution is -0.757. The molecule has 0 unspecified atom stereocenters. The van der Waals surface area contributed by atoms with E-state index in [1.54, 1.807) is 39.8 Å². The highest BCUT2D eigenvalue weighted by Gasteiger charge is 2.16. The number of benzene rings is 1. The third-order valence-electron chi connectivity index (χ3n) is 2.96. The number of unbranched alkanes of at least 4 members (excludes halogenated alkanes) is 1. The normalized spacial score (nSPS) is 10.1. The van der Waals surface area contributed by atoms with Gasteiger partial charge in [-0.1, -0.05) is 39.8 Å². The first-order valence-corrected chi connectivity index (χ1v) is 10.6. The van der Waals surface area contributed by atoms with E-state index in [0.717, 1.165) is 5.75 Å². The summed E-state index contributed by atoms with van der Waals surface area (Å²) in [5.74, 6) is 0.485. The second kappa shape index (κ2) is 13.9. The van der Waals surface area contributed by atoms with E-state index in [1.807, 2.05) is 0 Å². The summed E-state index contributed by atoms with van der Waals surface area (Å²) in [5.41, 5.74) is 0.154. The monoisotopic (exact) mass is 415 g/mol. The van der Waals surface area contributed by atoms with Crippen molar-refractivity contribution in [3.63, 3.8) is 0 Å². The van der Waals surface area contributed by atoms with Crippen LogP contribution in [0, 0.1) is 10.1 Å². The van der Waals surface area contributed by atoms with Crippen molar-refractivity contribution in [3.05, 3.63) is 52.6 Å². The zero-order valence-electron chi connectivity index (χ0n) is 14.7. The van der Waals surface area contributed by atoms with Crippen LogP contribution in [0.2, 0.25) is 0 Å². The van der Waals surface area contributed by atoms with Crippen molar-refractivity contribution >= 4 is 33.5 Å². The molecule has 1 aromatic carbocycles. The first-order chi connectivity index (χ1) is 13.0. The van der Waals surface area contributed by atoms with Gasteiger partial charge in [-0.25, -0.2) is 4.79 Å². The Labute approximate surface area is 165 Å². The number of esters is 2. The van der Waals surface area contributed by atoms with Gasteiger partial charge in [0.05, 0.1) is 19.6 Å². The predicted octanol–water partition coefficient (Wildman–Crippen LogP) is 3.69. The maximum atomic E-state index is 12.2. The van der Waals surface area contributed by atoms with Gasteiger partial charge in [-0.15, -0.1) is 16.7 Å². The van der Waals surface area contributed by atoms with Gasteiger partial charge in [0.2, 0.25) is 0 Å². The van der Waals surface area contributed by atoms with Gasteiger partial charge >= 0.3 is 11.9 Å². The molecule has 1 aromatic rings. The van der Waals surface area contributed by atoms with Gasteiger partial charge in [0.1, 0.15) is 11.3 Å². The van der Waals surface area contributed by atoms with Crippen LogP contribution in [0.25, 0.3) is 0 Å². The number of rotatable bonds is 14. The molecule has 0 saturated carbocycles. The topological polar surface area (TPSA) is 105 Å². The Kier molecular flexibility index (Phi) is 11.8. The molecule has 0 saturated heterocycles. The van der Waals surface area contributed by atoms with Crippen LogP contribution in [0.1, 0.15) is 29.6 Å². The average molecular weight is 415 g/mol. The third kappa shape index (κ3) is 10.5. The summed E-state index contributed by atoms with van der Waals surface area (Å²) >= 11 is 0. The van der Waals surface area contributed by atoms with Gasteiger partial charge in [-0.2, -0.15) is 0 Å². The smallest absolute Gasteiger partial charge is 0.341 e. The number of carbonyl (C=O) groups excluding carboxylic acids is 2. The molecule has 0 spiro atoms. The molecule has 27 heavy (non-hydrogen) atoms. The first kappa shape index (κ1) is 22.8. The molecular weight excluding hydrogens is 394 g/mol. The Morgan fingerprint density at radius 2 is 1.93 bits per heavy atom. The van der Waals surface area contributed by atoms with Crippen LogP contribution in [0.5, 0.6) is 5.75 Å². The van der Waals surface area contributed by atoms with E-state index in [1.165, 1.54) is 12.1 Å². The molecule has 0 N–H and O–H groups in total. The Bertz CT molecular complexity index is 639. The summed E-state index contributed by atoms with van der Waals surface area (Å²) in [6.07, 6.45) is 2.80. The van der Waals surface area contributed by atoms with Crippen LogP contribution < -0.4 is 4.74 Å². The molecular formula is C17H21NO7S2. The molecule has 0 aliphatic rings. The Balaban J connectivity index is 2.40. The molecule has 10 heteroatoms. The lowest BCUT2D eigenvalue weighted by Crippen LogP contribution is -2.13. The Morgan fingerprint density at radius 1 is 1.19 bits per heavy atom. The fourth-order valence-corrected chi connectivity index (χ4v) is 3.51. The van der Waals surface area contributed by atoms with Crippen LogP contribution in [0.15, 0.2) is 36.9 Å². The largest absolute Gasteiger partial charge is 0.462 e. The summed E-state index contributed by atoms with van der Waals surface area (Å²) in [7, 11) is 3.14. The molecule has 0 bridgehead atoms. The van der Waals surface area contributed by atoms with Crippen molar-refractivity contribution < 1.29 is 29.0 Å². The van der Waals surface area contributed by atoms with E-state index >= 15 is 0 Å². The molecule has 0 heterocycles. The van der Waals surface area contributed by atoms with Crippen LogP contribution in [0.4, 0.5) is 0 Å². The number of ether oxygens (including phenoxy) is 2. The second-order valence-corrected chi connectivity index (χ2v) is 7.64. The lowest BCUT2D eigenvalue weighted by Gasteiger charge is -2.10. The zero-order chi connectivity index (χ0) is 19.9. The minimum Gasteiger partial charge on any atom is -0.462 e. The molecule has 0 atom stereocenters. The molecule has 8 nitrogen and oxygen atoms in total. The third-order valence-corrected chi connectivity index (χ3v) is 5.28. The number of nitrogens with zero attached hydrogens (tertiary/aromatic N) is 1. The number of hydrogen-bond donors (Lipinski definition) is 0. The molecule has 1 rings (SSSR count). The second-order valence-electron chi connectivity index (χ2n) is 5.02. The van der Waals surface area contributed by atoms with Gasteiger partial charge in [0, 0.05) is 11.5 Å². The fourth-order valence-electron chi connectivity index (χ4n) is 1.76. The van der Waals surface area contributed by atoms with E-state index in [-0.39, 0.29) is 30.9 Å². The molecule has 0 aromatic heterocycles. The number of para-hydroxylation sites is 1. The van der Waals surface area contributed by atoms with E-state index in [9.17, 15) is 19.7 Å². The molecule has 0 fully saturated rings. The minimum absolute atomic E-state index is 0.0537. The minimum atomic E-state index is -0.868. The van der Waals surface area contributed by atoms with Crippen LogP contribution in [0.3, 0.4) is 0 Å². The molecule has 0 aliphatic heterocycles. The summed E-state index contributed by atoms with van der Waals surface area (Å²) in [6, 6.07) is 6.33. The van der Waals surface area contributed by atoms with E-state index in [2.05, 4.69) is 11.4 Å². The average Bonchev–Trinajstić information content (AvgIpc) is 2.64. The van der Waals surface area contributed by atoms with Crippen molar-refractivity contribution in [2.75, 3.05) is 24.7 Å². The summed E-state index contributed by atoms with van der Waals surface area (Å²) in [5, 5.41) is 9.15. The van der Waals surface area contributed by atoms with Crippen molar-refractivity contribution in [2.45, 2.75) is 19.3 Å². The summed E-state index contributed by atoms with van der Waals surface area (Å²) in [4.78, 5) is 38.3. The molecule has 148 valence electrons. The van der Waals surface area contributed by atoms with E-state index < -0.39 is 17.0 Å². The first-order valence-electron chi connectivity index (χ1n) is 8.14. The van der Waals surface area contributed by atoms with Gasteiger partial charge in [-0.3, -0.25) is 4.79 Å². The maximum absolute atomic E-state index is 12.2. The SMILES string of the molecule is C=CCSSCCC(=O)Oc1ccccc1C(=O)OCCCCO[N+](=O)[O-]. The predicted molar refractivity (Wildman–Crippen MR) is 104 cm³/mol. The zero-order valence-corrected chi connectivity index (χ0v) is 16.3. The standard InChI is InChI=1S/C17H21NO7S2/c1-2-12-26-27-13-9-16(19)25-15-8-4-3-7-14(15)17(20)23-10-5-6-11-24-18(21)22/h2-4,7-8H,1,5-6,9-13H2. The number of hydrogen-bond acceptors (Lipinski definition) is 9. The van der Waals surface area contributed by atoms with Crippen molar-refractivity contribution in [1.29, 1.82) is 0 Å². The van der Waals surface area contributed by atoms with E-state index in [4.69, 9.17) is 9.47 Å². The number of carbonyl (C=O) groups is 2. The Morgan fingerprint density at radius 3 is 2.67 bits per heavy atom. The van der Waals surface area contributed by atoms with Gasteiger partial charge in [0.15, 0.2) is 0 Å². The highest BCUT2D eigenvalue weighted by atomic mass is 33.1. The summed E-state index contributed by atoms with van der Waals surface area (Å²) in [6.45, 7) is 3.64. The van der Waals surface area contributed by atoms with Crippen LogP contribution in [-0.2, 0) is 14.4 Å². The molecule has 0 radical (unpaired) electrons. The van der Waals surface area contributed by atoms with Gasteiger partial charge in [0.25, 0.3) is 5.09 Å². The van der Waals surface area contributed by atoms with E-state index in [0.29, 0.717) is 18.6 Å². The molecule has 0 amide bonds. The molecule has 0 aliphatic carbocycles. The van der Waals surface area contributed by atoms with Crippen LogP contribution in [-0.4, -0.2) is 41.7 Å². The van der Waals surface area contributed by atoms with Crippen molar-refractivity contribution in [1.82, 2.24) is 0 Å². The van der Waals surface area contributed by atoms with Crippen molar-refractivity contribution in [2.24, 2.45) is 0 Å². The Hall–Kier alpha value is -2.20. The van der Waals surface area contributed by atoms with Crippen LogP contribution >= 0.6 is 21.6 Å². The fraction of sp³-hybridized carbons (Fsp3) is 0.412. The summed E-state index contributed by atoms with van der Waals surface area (Å²) < 4.78 is 10.4. The highest BCUT2D eigenvalue weighted by molar-refractivity contribution is 8.76. The van der Waals surface area contributed by atoms with Crippen molar-refractivity contribution in [3.8, 4) is 5.75 Å². The van der Waals surface area contributed by atoms with Gasteiger partial charge in [-0.05, 0) is 25.0 Å². The highest BCUT2D eigenvalue weighted by Crippen LogP contribution is 2.23. The van der Waals surface area contributed by atoms with Gasteiger partial charge < -0.3 is 14.3 Å². The maximum Gasteiger partial charge on any atom is 0.341 e. The quantitative estimate of drug-likeness (QED) is 0.0855. The lowest BCUT2D eigenvalue weighted by atomic mass is 10.2.